The minimum Gasteiger partial charge on any atom is -0.493 e. The highest BCUT2D eigenvalue weighted by Gasteiger charge is 2.45. The molecule has 3 rings (SSSR count). The number of ether oxygens (including phenoxy) is 1. The average Bonchev–Trinajstić information content (AvgIpc) is 2.99. The molecule has 1 aromatic heterocycles. The maximum Gasteiger partial charge on any atom is 0.319 e. The molecule has 1 unspecified atom stereocenters. The normalized spacial score (nSPS) is 23.7. The standard InChI is InChI=1S/C20H25N3O6S/c1-30(27,28)16-6-4-15(5-7-16)29-13-20(9-17(24)18(25)10-20)12-22-19(26)23-14-3-2-8-21-11-14/h2-8,11,17-18,24-25H,9-10,12-13H2,1H3,(H2,22,23,26)/t17-,18+,20?. The molecule has 0 radical (unpaired) electrons. The molecule has 10 heteroatoms. The molecule has 2 amide bonds. The van der Waals surface area contributed by atoms with Crippen molar-refractivity contribution in [3.63, 3.8) is 0 Å². The van der Waals surface area contributed by atoms with E-state index < -0.39 is 33.5 Å². The summed E-state index contributed by atoms with van der Waals surface area (Å²) >= 11 is 0. The van der Waals surface area contributed by atoms with Crippen molar-refractivity contribution >= 4 is 21.6 Å². The zero-order valence-electron chi connectivity index (χ0n) is 16.5. The fourth-order valence-corrected chi connectivity index (χ4v) is 4.09. The van der Waals surface area contributed by atoms with E-state index >= 15 is 0 Å². The van der Waals surface area contributed by atoms with E-state index in [0.717, 1.165) is 6.26 Å². The summed E-state index contributed by atoms with van der Waals surface area (Å²) in [6.07, 6.45) is 2.92. The van der Waals surface area contributed by atoms with Crippen molar-refractivity contribution in [1.82, 2.24) is 10.3 Å². The SMILES string of the molecule is CS(=O)(=O)c1ccc(OCC2(CNC(=O)Nc3cccnc3)C[C@@H](O)[C@@H](O)C2)cc1. The highest BCUT2D eigenvalue weighted by atomic mass is 32.2. The van der Waals surface area contributed by atoms with Crippen molar-refractivity contribution in [2.75, 3.05) is 24.7 Å². The number of benzene rings is 1. The van der Waals surface area contributed by atoms with Gasteiger partial charge in [0.25, 0.3) is 0 Å². The molecule has 0 bridgehead atoms. The van der Waals surface area contributed by atoms with Crippen molar-refractivity contribution in [2.45, 2.75) is 29.9 Å². The van der Waals surface area contributed by atoms with Crippen molar-refractivity contribution < 1.29 is 28.2 Å². The summed E-state index contributed by atoms with van der Waals surface area (Å²) in [4.78, 5) is 16.3. The number of amides is 2. The van der Waals surface area contributed by atoms with Gasteiger partial charge in [-0.25, -0.2) is 13.2 Å². The molecule has 2 aromatic rings. The highest BCUT2D eigenvalue weighted by Crippen LogP contribution is 2.38. The lowest BCUT2D eigenvalue weighted by molar-refractivity contribution is 0.0438. The van der Waals surface area contributed by atoms with Crippen LogP contribution in [0.2, 0.25) is 0 Å². The molecule has 1 saturated carbocycles. The van der Waals surface area contributed by atoms with Crippen LogP contribution in [0, 0.1) is 5.41 Å². The lowest BCUT2D eigenvalue weighted by Gasteiger charge is -2.29. The second kappa shape index (κ2) is 8.99. The Hall–Kier alpha value is -2.69. The smallest absolute Gasteiger partial charge is 0.319 e. The lowest BCUT2D eigenvalue weighted by Crippen LogP contribution is -2.42. The molecule has 3 atom stereocenters. The lowest BCUT2D eigenvalue weighted by atomic mass is 9.86. The van der Waals surface area contributed by atoms with Crippen molar-refractivity contribution in [2.24, 2.45) is 5.41 Å². The zero-order chi connectivity index (χ0) is 21.8. The quantitative estimate of drug-likeness (QED) is 0.512. The number of carbonyl (C=O) groups is 1. The summed E-state index contributed by atoms with van der Waals surface area (Å²) in [5, 5.41) is 25.5. The topological polar surface area (TPSA) is 138 Å². The third kappa shape index (κ3) is 5.68. The Morgan fingerprint density at radius 1 is 1.20 bits per heavy atom. The van der Waals surface area contributed by atoms with Crippen LogP contribution >= 0.6 is 0 Å². The molecule has 1 heterocycles. The Labute approximate surface area is 175 Å². The monoisotopic (exact) mass is 435 g/mol. The number of pyridine rings is 1. The van der Waals surface area contributed by atoms with Crippen LogP contribution in [0.5, 0.6) is 5.75 Å². The van der Waals surface area contributed by atoms with Gasteiger partial charge in [0.2, 0.25) is 0 Å². The number of anilines is 1. The number of urea groups is 1. The largest absolute Gasteiger partial charge is 0.493 e. The number of sulfone groups is 1. The molecule has 9 nitrogen and oxygen atoms in total. The molecular formula is C20H25N3O6S. The first-order valence-electron chi connectivity index (χ1n) is 9.41. The van der Waals surface area contributed by atoms with Gasteiger partial charge in [0.05, 0.1) is 35.6 Å². The number of aliphatic hydroxyl groups excluding tert-OH is 2. The first-order valence-corrected chi connectivity index (χ1v) is 11.3. The van der Waals surface area contributed by atoms with Crippen LogP contribution in [0.25, 0.3) is 0 Å². The third-order valence-electron chi connectivity index (χ3n) is 5.07. The first-order chi connectivity index (χ1) is 14.2. The molecular weight excluding hydrogens is 410 g/mol. The fourth-order valence-electron chi connectivity index (χ4n) is 3.46. The number of carbonyl (C=O) groups excluding carboxylic acids is 1. The molecule has 1 aliphatic rings. The Kier molecular flexibility index (Phi) is 6.59. The molecule has 1 fully saturated rings. The van der Waals surface area contributed by atoms with Gasteiger partial charge in [-0.15, -0.1) is 0 Å². The molecule has 0 saturated heterocycles. The number of rotatable bonds is 7. The van der Waals surface area contributed by atoms with E-state index in [1.165, 1.54) is 18.3 Å². The molecule has 30 heavy (non-hydrogen) atoms. The van der Waals surface area contributed by atoms with Crippen molar-refractivity contribution in [3.8, 4) is 5.75 Å². The summed E-state index contributed by atoms with van der Waals surface area (Å²) in [5.74, 6) is 0.456. The molecule has 162 valence electrons. The van der Waals surface area contributed by atoms with E-state index in [2.05, 4.69) is 15.6 Å². The zero-order valence-corrected chi connectivity index (χ0v) is 17.3. The summed E-state index contributed by atoms with van der Waals surface area (Å²) < 4.78 is 28.9. The summed E-state index contributed by atoms with van der Waals surface area (Å²) in [7, 11) is -3.30. The Morgan fingerprint density at radius 2 is 1.87 bits per heavy atom. The number of nitrogens with zero attached hydrogens (tertiary/aromatic N) is 1. The minimum atomic E-state index is -3.30. The van der Waals surface area contributed by atoms with Gasteiger partial charge in [0.1, 0.15) is 5.75 Å². The highest BCUT2D eigenvalue weighted by molar-refractivity contribution is 7.90. The fraction of sp³-hybridized carbons (Fsp3) is 0.400. The van der Waals surface area contributed by atoms with Crippen molar-refractivity contribution in [1.29, 1.82) is 0 Å². The van der Waals surface area contributed by atoms with Gasteiger partial charge in [-0.05, 0) is 49.2 Å². The van der Waals surface area contributed by atoms with Gasteiger partial charge in [-0.1, -0.05) is 0 Å². The molecule has 1 aromatic carbocycles. The second-order valence-corrected chi connectivity index (χ2v) is 9.64. The summed E-state index contributed by atoms with van der Waals surface area (Å²) in [5.41, 5.74) is -0.140. The van der Waals surface area contributed by atoms with Crippen molar-refractivity contribution in [3.05, 3.63) is 48.8 Å². The van der Waals surface area contributed by atoms with Gasteiger partial charge < -0.3 is 25.6 Å². The number of hydrogen-bond acceptors (Lipinski definition) is 7. The van der Waals surface area contributed by atoms with E-state index in [1.807, 2.05) is 0 Å². The second-order valence-electron chi connectivity index (χ2n) is 7.62. The van der Waals surface area contributed by atoms with Gasteiger partial charge in [0.15, 0.2) is 9.84 Å². The van der Waals surface area contributed by atoms with Gasteiger partial charge in [0, 0.05) is 24.4 Å². The van der Waals surface area contributed by atoms with E-state index in [0.29, 0.717) is 11.4 Å². The molecule has 4 N–H and O–H groups in total. The number of hydrogen-bond donors (Lipinski definition) is 4. The van der Waals surface area contributed by atoms with Gasteiger partial charge in [-0.2, -0.15) is 0 Å². The average molecular weight is 436 g/mol. The van der Waals surface area contributed by atoms with Gasteiger partial charge >= 0.3 is 6.03 Å². The number of aliphatic hydroxyl groups is 2. The van der Waals surface area contributed by atoms with Crippen LogP contribution in [0.15, 0.2) is 53.7 Å². The maximum atomic E-state index is 12.2. The third-order valence-corrected chi connectivity index (χ3v) is 6.20. The van der Waals surface area contributed by atoms with Crippen LogP contribution in [0.3, 0.4) is 0 Å². The number of nitrogens with one attached hydrogen (secondary N) is 2. The van der Waals surface area contributed by atoms with Crippen LogP contribution in [0.1, 0.15) is 12.8 Å². The van der Waals surface area contributed by atoms with Crippen LogP contribution < -0.4 is 15.4 Å². The number of aromatic nitrogens is 1. The first kappa shape index (κ1) is 22.0. The Balaban J connectivity index is 1.63. The van der Waals surface area contributed by atoms with E-state index in [1.54, 1.807) is 30.5 Å². The van der Waals surface area contributed by atoms with E-state index in [4.69, 9.17) is 4.74 Å². The van der Waals surface area contributed by atoms with Crippen LogP contribution in [0.4, 0.5) is 10.5 Å². The Bertz CT molecular complexity index is 956. The van der Waals surface area contributed by atoms with E-state index in [-0.39, 0.29) is 30.9 Å². The molecule has 1 aliphatic carbocycles. The minimum absolute atomic E-state index is 0.131. The van der Waals surface area contributed by atoms with Crippen LogP contribution in [-0.2, 0) is 9.84 Å². The Morgan fingerprint density at radius 3 is 2.43 bits per heavy atom. The predicted molar refractivity (Wildman–Crippen MR) is 110 cm³/mol. The van der Waals surface area contributed by atoms with Gasteiger partial charge in [-0.3, -0.25) is 4.98 Å². The summed E-state index contributed by atoms with van der Waals surface area (Å²) in [6.45, 7) is 0.307. The molecule has 0 spiro atoms. The summed E-state index contributed by atoms with van der Waals surface area (Å²) in [6, 6.07) is 8.97. The molecule has 0 aliphatic heterocycles. The predicted octanol–water partition coefficient (Wildman–Crippen LogP) is 1.19. The van der Waals surface area contributed by atoms with Crippen LogP contribution in [-0.4, -0.2) is 61.3 Å². The van der Waals surface area contributed by atoms with E-state index in [9.17, 15) is 23.4 Å². The maximum absolute atomic E-state index is 12.2.